The Morgan fingerprint density at radius 3 is 2.56 bits per heavy atom. The highest BCUT2D eigenvalue weighted by Crippen LogP contribution is 2.29. The van der Waals surface area contributed by atoms with Gasteiger partial charge in [0.1, 0.15) is 0 Å². The van der Waals surface area contributed by atoms with Crippen molar-refractivity contribution >= 4 is 5.95 Å². The quantitative estimate of drug-likeness (QED) is 0.827. The normalized spacial score (nSPS) is 24.8. The fourth-order valence-corrected chi connectivity index (χ4v) is 4.02. The summed E-state index contributed by atoms with van der Waals surface area (Å²) in [6.45, 7) is 6.70. The van der Waals surface area contributed by atoms with Gasteiger partial charge in [0, 0.05) is 51.3 Å². The summed E-state index contributed by atoms with van der Waals surface area (Å²) in [5.74, 6) is 0.843. The molecule has 0 amide bonds. The lowest BCUT2D eigenvalue weighted by Crippen LogP contribution is -2.50. The first-order valence-corrected chi connectivity index (χ1v) is 9.05. The zero-order valence-electron chi connectivity index (χ0n) is 15.0. The van der Waals surface area contributed by atoms with Crippen LogP contribution in [0.1, 0.15) is 17.5 Å². The average molecular weight is 342 g/mol. The smallest absolute Gasteiger partial charge is 0.225 e. The standard InChI is InChI=1S/C18H26N6O/c1-14-10-19-18(20-11-14)24-4-3-16(23-5-7-25-8-6-23)17(24)9-15-12-21-22(2)13-15/h10-13,16-17H,3-9H2,1-2H3/t16-,17-/m1/s1. The molecule has 0 spiro atoms. The lowest BCUT2D eigenvalue weighted by Gasteiger charge is -2.37. The molecule has 25 heavy (non-hydrogen) atoms. The van der Waals surface area contributed by atoms with Gasteiger partial charge in [0.25, 0.3) is 0 Å². The highest BCUT2D eigenvalue weighted by Gasteiger charge is 2.39. The van der Waals surface area contributed by atoms with Gasteiger partial charge in [0.05, 0.1) is 25.5 Å². The maximum Gasteiger partial charge on any atom is 0.225 e. The van der Waals surface area contributed by atoms with Gasteiger partial charge >= 0.3 is 0 Å². The summed E-state index contributed by atoms with van der Waals surface area (Å²) in [6.07, 6.45) is 10.0. The van der Waals surface area contributed by atoms with Gasteiger partial charge in [-0.25, -0.2) is 9.97 Å². The van der Waals surface area contributed by atoms with E-state index in [0.717, 1.165) is 57.2 Å². The van der Waals surface area contributed by atoms with Crippen LogP contribution in [0.4, 0.5) is 5.95 Å². The molecule has 0 aliphatic carbocycles. The fourth-order valence-electron chi connectivity index (χ4n) is 4.02. The number of ether oxygens (including phenoxy) is 1. The molecule has 4 heterocycles. The molecular formula is C18H26N6O. The molecule has 2 aliphatic heterocycles. The number of nitrogens with zero attached hydrogens (tertiary/aromatic N) is 6. The number of aromatic nitrogens is 4. The predicted molar refractivity (Wildman–Crippen MR) is 95.6 cm³/mol. The molecule has 0 aromatic carbocycles. The van der Waals surface area contributed by atoms with Crippen LogP contribution >= 0.6 is 0 Å². The highest BCUT2D eigenvalue weighted by atomic mass is 16.5. The van der Waals surface area contributed by atoms with Gasteiger partial charge in [-0.3, -0.25) is 9.58 Å². The van der Waals surface area contributed by atoms with Crippen molar-refractivity contribution in [3.8, 4) is 0 Å². The minimum absolute atomic E-state index is 0.366. The van der Waals surface area contributed by atoms with Crippen molar-refractivity contribution in [2.75, 3.05) is 37.7 Å². The Morgan fingerprint density at radius 2 is 1.88 bits per heavy atom. The maximum atomic E-state index is 5.55. The molecule has 0 radical (unpaired) electrons. The molecule has 0 bridgehead atoms. The Bertz CT molecular complexity index is 694. The Hall–Kier alpha value is -1.99. The van der Waals surface area contributed by atoms with Crippen LogP contribution in [-0.2, 0) is 18.2 Å². The van der Waals surface area contributed by atoms with Gasteiger partial charge in [0.2, 0.25) is 5.95 Å². The van der Waals surface area contributed by atoms with E-state index in [1.165, 1.54) is 5.56 Å². The van der Waals surface area contributed by atoms with Crippen LogP contribution < -0.4 is 4.90 Å². The van der Waals surface area contributed by atoms with Crippen molar-refractivity contribution in [1.82, 2.24) is 24.6 Å². The number of hydrogen-bond donors (Lipinski definition) is 0. The Kier molecular flexibility index (Phi) is 4.67. The molecule has 2 aromatic heterocycles. The molecule has 0 unspecified atom stereocenters. The Balaban J connectivity index is 1.59. The van der Waals surface area contributed by atoms with E-state index in [1.807, 2.05) is 37.2 Å². The third-order valence-corrected chi connectivity index (χ3v) is 5.25. The topological polar surface area (TPSA) is 59.3 Å². The van der Waals surface area contributed by atoms with Crippen LogP contribution in [0, 0.1) is 6.92 Å². The van der Waals surface area contributed by atoms with E-state index < -0.39 is 0 Å². The van der Waals surface area contributed by atoms with E-state index >= 15 is 0 Å². The number of morpholine rings is 1. The second-order valence-electron chi connectivity index (χ2n) is 7.05. The first-order valence-electron chi connectivity index (χ1n) is 9.05. The maximum absolute atomic E-state index is 5.55. The molecule has 0 saturated carbocycles. The van der Waals surface area contributed by atoms with Gasteiger partial charge in [-0.05, 0) is 30.9 Å². The fraction of sp³-hybridized carbons (Fsp3) is 0.611. The van der Waals surface area contributed by atoms with E-state index in [9.17, 15) is 0 Å². The van der Waals surface area contributed by atoms with Gasteiger partial charge in [0.15, 0.2) is 0 Å². The molecule has 0 N–H and O–H groups in total. The van der Waals surface area contributed by atoms with Crippen molar-refractivity contribution < 1.29 is 4.74 Å². The third kappa shape index (κ3) is 3.52. The number of aryl methyl sites for hydroxylation is 2. The predicted octanol–water partition coefficient (Wildman–Crippen LogP) is 1.04. The second kappa shape index (κ2) is 7.09. The van der Waals surface area contributed by atoms with E-state index in [0.29, 0.717) is 12.1 Å². The lowest BCUT2D eigenvalue weighted by molar-refractivity contribution is 0.0149. The summed E-state index contributed by atoms with van der Waals surface area (Å²) in [7, 11) is 1.97. The SMILES string of the molecule is Cc1cnc(N2CC[C@@H](N3CCOCC3)[C@H]2Cc2cnn(C)c2)nc1. The molecule has 2 aromatic rings. The van der Waals surface area contributed by atoms with E-state index in [-0.39, 0.29) is 0 Å². The van der Waals surface area contributed by atoms with Crippen LogP contribution in [0.25, 0.3) is 0 Å². The highest BCUT2D eigenvalue weighted by molar-refractivity contribution is 5.36. The van der Waals surface area contributed by atoms with Crippen LogP contribution in [0.3, 0.4) is 0 Å². The average Bonchev–Trinajstić information content (AvgIpc) is 3.23. The summed E-state index contributed by atoms with van der Waals surface area (Å²) in [6, 6.07) is 0.874. The number of anilines is 1. The Labute approximate surface area is 148 Å². The molecule has 4 rings (SSSR count). The van der Waals surface area contributed by atoms with Gasteiger partial charge in [-0.2, -0.15) is 5.10 Å². The summed E-state index contributed by atoms with van der Waals surface area (Å²) < 4.78 is 7.42. The van der Waals surface area contributed by atoms with Crippen molar-refractivity contribution in [3.05, 3.63) is 35.9 Å². The largest absolute Gasteiger partial charge is 0.379 e. The molecule has 7 nitrogen and oxygen atoms in total. The van der Waals surface area contributed by atoms with E-state index in [1.54, 1.807) is 0 Å². The van der Waals surface area contributed by atoms with Gasteiger partial charge in [-0.15, -0.1) is 0 Å². The van der Waals surface area contributed by atoms with Crippen LogP contribution in [-0.4, -0.2) is 69.6 Å². The van der Waals surface area contributed by atoms with Crippen LogP contribution in [0.2, 0.25) is 0 Å². The van der Waals surface area contributed by atoms with E-state index in [2.05, 4.69) is 31.1 Å². The monoisotopic (exact) mass is 342 g/mol. The first kappa shape index (κ1) is 16.5. The Morgan fingerprint density at radius 1 is 1.12 bits per heavy atom. The zero-order chi connectivity index (χ0) is 17.2. The molecule has 7 heteroatoms. The number of hydrogen-bond acceptors (Lipinski definition) is 6. The van der Waals surface area contributed by atoms with Crippen molar-refractivity contribution in [1.29, 1.82) is 0 Å². The first-order chi connectivity index (χ1) is 12.2. The lowest BCUT2D eigenvalue weighted by atomic mass is 10.0. The molecule has 134 valence electrons. The van der Waals surface area contributed by atoms with Crippen molar-refractivity contribution in [2.24, 2.45) is 7.05 Å². The summed E-state index contributed by atoms with van der Waals surface area (Å²) in [5.41, 5.74) is 2.36. The van der Waals surface area contributed by atoms with Crippen LogP contribution in [0.5, 0.6) is 0 Å². The second-order valence-corrected chi connectivity index (χ2v) is 7.05. The third-order valence-electron chi connectivity index (χ3n) is 5.25. The minimum Gasteiger partial charge on any atom is -0.379 e. The van der Waals surface area contributed by atoms with Crippen molar-refractivity contribution in [2.45, 2.75) is 31.8 Å². The molecular weight excluding hydrogens is 316 g/mol. The number of rotatable bonds is 4. The molecule has 2 atom stereocenters. The molecule has 2 fully saturated rings. The summed E-state index contributed by atoms with van der Waals surface area (Å²) in [5, 5.41) is 4.34. The minimum atomic E-state index is 0.366. The summed E-state index contributed by atoms with van der Waals surface area (Å²) >= 11 is 0. The van der Waals surface area contributed by atoms with Gasteiger partial charge < -0.3 is 9.64 Å². The van der Waals surface area contributed by atoms with Crippen molar-refractivity contribution in [3.63, 3.8) is 0 Å². The van der Waals surface area contributed by atoms with Gasteiger partial charge in [-0.1, -0.05) is 0 Å². The molecule has 2 aliphatic rings. The summed E-state index contributed by atoms with van der Waals surface area (Å²) in [4.78, 5) is 14.1. The van der Waals surface area contributed by atoms with Crippen LogP contribution in [0.15, 0.2) is 24.8 Å². The molecule has 2 saturated heterocycles. The van der Waals surface area contributed by atoms with E-state index in [4.69, 9.17) is 4.74 Å². The zero-order valence-corrected chi connectivity index (χ0v) is 15.0.